The molecule has 0 atom stereocenters. The zero-order chi connectivity index (χ0) is 31.8. The number of esters is 2. The number of carbonyl (C=O) groups is 2. The van der Waals surface area contributed by atoms with Crippen molar-refractivity contribution in [1.82, 2.24) is 0 Å². The minimum absolute atomic E-state index is 0.0280. The van der Waals surface area contributed by atoms with Gasteiger partial charge in [0, 0.05) is 3.57 Å². The van der Waals surface area contributed by atoms with E-state index in [-0.39, 0.29) is 12.1 Å². The Morgan fingerprint density at radius 1 is 0.732 bits per heavy atom. The first-order chi connectivity index (χ1) is 18.4. The maximum atomic E-state index is 14.3. The summed E-state index contributed by atoms with van der Waals surface area (Å²) in [4.78, 5) is 23.8. The van der Waals surface area contributed by atoms with E-state index in [1.807, 2.05) is 0 Å². The standard InChI is InChI=1S/C21H10F13IO6/c22-12-6-1-9(8-39-14(36)16(38,18(23,24)25)19(26,27)28)7-13(12)41-17(20(29,30)31,21(32,33)34)15(37)40-11-4-2-10(35)3-5-11/h1-7,38H,8H2. The summed E-state index contributed by atoms with van der Waals surface area (Å²) in [7, 11) is 0. The van der Waals surface area contributed by atoms with Gasteiger partial charge in [-0.2, -0.15) is 52.7 Å². The van der Waals surface area contributed by atoms with Crippen LogP contribution in [0.25, 0.3) is 0 Å². The van der Waals surface area contributed by atoms with Gasteiger partial charge in [-0.3, -0.25) is 0 Å². The lowest BCUT2D eigenvalue weighted by molar-refractivity contribution is -0.357. The molecule has 1 N–H and O–H groups in total. The number of aliphatic hydroxyl groups is 1. The van der Waals surface area contributed by atoms with Crippen LogP contribution in [0, 0.1) is 9.39 Å². The third kappa shape index (κ3) is 6.72. The van der Waals surface area contributed by atoms with Gasteiger partial charge in [0.25, 0.3) is 0 Å². The van der Waals surface area contributed by atoms with E-state index in [0.29, 0.717) is 9.64 Å². The molecule has 0 radical (unpaired) electrons. The van der Waals surface area contributed by atoms with Gasteiger partial charge in [0.05, 0.1) is 0 Å². The molecule has 0 unspecified atom stereocenters. The molecule has 0 bridgehead atoms. The first-order valence-electron chi connectivity index (χ1n) is 10.00. The summed E-state index contributed by atoms with van der Waals surface area (Å²) in [6, 6.07) is 4.08. The Morgan fingerprint density at radius 2 is 1.22 bits per heavy atom. The molecular formula is C21H10F13IO6. The average molecular weight is 732 g/mol. The maximum Gasteiger partial charge on any atom is 0.449 e. The van der Waals surface area contributed by atoms with Crippen molar-refractivity contribution >= 4 is 34.5 Å². The molecule has 20 heteroatoms. The molecule has 0 saturated heterocycles. The van der Waals surface area contributed by atoms with Crippen LogP contribution in [0.3, 0.4) is 0 Å². The molecule has 0 aliphatic carbocycles. The van der Waals surface area contributed by atoms with E-state index in [4.69, 9.17) is 5.11 Å². The second kappa shape index (κ2) is 11.3. The second-order valence-corrected chi connectivity index (χ2v) is 8.91. The van der Waals surface area contributed by atoms with E-state index < -0.39 is 77.3 Å². The molecule has 0 aromatic heterocycles. The number of ether oxygens (including phenoxy) is 3. The van der Waals surface area contributed by atoms with Gasteiger partial charge in [0.15, 0.2) is 11.6 Å². The van der Waals surface area contributed by atoms with E-state index in [1.165, 1.54) is 0 Å². The van der Waals surface area contributed by atoms with Crippen molar-refractivity contribution in [2.45, 2.75) is 42.5 Å². The predicted octanol–water partition coefficient (Wildman–Crippen LogP) is 6.18. The molecule has 0 aliphatic rings. The Morgan fingerprint density at radius 3 is 1.66 bits per heavy atom. The summed E-state index contributed by atoms with van der Waals surface area (Å²) in [5.74, 6) is -11.5. The predicted molar refractivity (Wildman–Crippen MR) is 114 cm³/mol. The fraction of sp³-hybridized carbons (Fsp3) is 0.333. The topological polar surface area (TPSA) is 82.1 Å². The van der Waals surface area contributed by atoms with E-state index in [2.05, 4.69) is 14.2 Å². The number of alkyl halides is 12. The monoisotopic (exact) mass is 732 g/mol. The van der Waals surface area contributed by atoms with Gasteiger partial charge in [0.2, 0.25) is 0 Å². The average Bonchev–Trinajstić information content (AvgIpc) is 2.80. The van der Waals surface area contributed by atoms with Gasteiger partial charge in [-0.25, -0.2) is 14.0 Å². The lowest BCUT2D eigenvalue weighted by atomic mass is 10.0. The third-order valence-corrected chi connectivity index (χ3v) is 5.57. The molecule has 2 aromatic carbocycles. The molecule has 2 rings (SSSR count). The Kier molecular flexibility index (Phi) is 9.44. The molecule has 0 heterocycles. The van der Waals surface area contributed by atoms with Crippen LogP contribution in [0.1, 0.15) is 5.56 Å². The lowest BCUT2D eigenvalue weighted by Crippen LogP contribution is -2.67. The molecule has 228 valence electrons. The van der Waals surface area contributed by atoms with Gasteiger partial charge in [-0.15, -0.1) is 0 Å². The summed E-state index contributed by atoms with van der Waals surface area (Å²) in [5.41, 5.74) is -13.0. The van der Waals surface area contributed by atoms with E-state index in [9.17, 15) is 66.7 Å². The molecular weight excluding hydrogens is 722 g/mol. The van der Waals surface area contributed by atoms with Crippen LogP contribution in [-0.4, -0.2) is 53.0 Å². The normalized spacial score (nSPS) is 13.5. The van der Waals surface area contributed by atoms with Gasteiger partial charge in [-0.1, -0.05) is 6.07 Å². The Hall–Kier alpha value is -3.04. The summed E-state index contributed by atoms with van der Waals surface area (Å²) < 4.78 is 186. The first kappa shape index (κ1) is 34.2. The van der Waals surface area contributed by atoms with Crippen LogP contribution in [0.4, 0.5) is 57.1 Å². The number of benzene rings is 2. The lowest BCUT2D eigenvalue weighted by Gasteiger charge is -2.35. The number of halogens is 14. The van der Waals surface area contributed by atoms with Crippen LogP contribution < -0.4 is 9.47 Å². The van der Waals surface area contributed by atoms with Gasteiger partial charge in [-0.05, 0) is 64.6 Å². The van der Waals surface area contributed by atoms with Crippen molar-refractivity contribution in [3.05, 3.63) is 57.4 Å². The van der Waals surface area contributed by atoms with E-state index in [0.717, 1.165) is 24.3 Å². The highest BCUT2D eigenvalue weighted by Gasteiger charge is 2.80. The summed E-state index contributed by atoms with van der Waals surface area (Å²) in [6.45, 7) is -1.79. The maximum absolute atomic E-state index is 14.3. The fourth-order valence-corrected chi connectivity index (χ4v) is 3.12. The van der Waals surface area contributed by atoms with Crippen molar-refractivity contribution in [2.24, 2.45) is 0 Å². The number of rotatable bonds is 7. The smallest absolute Gasteiger partial charge is 0.449 e. The van der Waals surface area contributed by atoms with Crippen LogP contribution in [-0.2, 0) is 20.9 Å². The Bertz CT molecular complexity index is 1240. The second-order valence-electron chi connectivity index (χ2n) is 7.67. The molecule has 0 aliphatic heterocycles. The molecule has 0 fully saturated rings. The highest BCUT2D eigenvalue weighted by atomic mass is 127. The van der Waals surface area contributed by atoms with Crippen molar-refractivity contribution in [3.63, 3.8) is 0 Å². The van der Waals surface area contributed by atoms with Gasteiger partial charge < -0.3 is 19.3 Å². The molecule has 2 aromatic rings. The van der Waals surface area contributed by atoms with Gasteiger partial charge >= 0.3 is 47.8 Å². The minimum atomic E-state index is -6.71. The van der Waals surface area contributed by atoms with E-state index >= 15 is 0 Å². The molecule has 0 saturated carbocycles. The zero-order valence-corrected chi connectivity index (χ0v) is 21.2. The van der Waals surface area contributed by atoms with Crippen LogP contribution in [0.15, 0.2) is 42.5 Å². The van der Waals surface area contributed by atoms with E-state index in [1.54, 1.807) is 22.6 Å². The molecule has 0 spiro atoms. The first-order valence-corrected chi connectivity index (χ1v) is 11.1. The largest absolute Gasteiger partial charge is 0.458 e. The van der Waals surface area contributed by atoms with Crippen LogP contribution >= 0.6 is 22.6 Å². The summed E-state index contributed by atoms with van der Waals surface area (Å²) >= 11 is 1.69. The van der Waals surface area contributed by atoms with Crippen molar-refractivity contribution < 1.29 is 86.0 Å². The SMILES string of the molecule is O=C(OCc1ccc(F)c(OC(C(=O)Oc2ccc(I)cc2)(C(F)(F)F)C(F)(F)F)c1)C(O)(C(F)(F)F)C(F)(F)F. The van der Waals surface area contributed by atoms with Crippen molar-refractivity contribution in [1.29, 1.82) is 0 Å². The summed E-state index contributed by atoms with van der Waals surface area (Å²) in [5, 5.41) is 8.95. The quantitative estimate of drug-likeness (QED) is 0.159. The Labute approximate surface area is 232 Å². The molecule has 41 heavy (non-hydrogen) atoms. The highest BCUT2D eigenvalue weighted by Crippen LogP contribution is 2.48. The number of hydrogen-bond donors (Lipinski definition) is 1. The molecule has 6 nitrogen and oxygen atoms in total. The fourth-order valence-electron chi connectivity index (χ4n) is 2.76. The summed E-state index contributed by atoms with van der Waals surface area (Å²) in [6.07, 6.45) is -26.8. The van der Waals surface area contributed by atoms with Crippen molar-refractivity contribution in [2.75, 3.05) is 0 Å². The number of hydrogen-bond acceptors (Lipinski definition) is 6. The third-order valence-electron chi connectivity index (χ3n) is 4.85. The molecule has 0 amide bonds. The van der Waals surface area contributed by atoms with Crippen molar-refractivity contribution in [3.8, 4) is 11.5 Å². The van der Waals surface area contributed by atoms with Crippen LogP contribution in [0.2, 0.25) is 0 Å². The minimum Gasteiger partial charge on any atom is -0.458 e. The van der Waals surface area contributed by atoms with Crippen LogP contribution in [0.5, 0.6) is 11.5 Å². The number of carbonyl (C=O) groups excluding carboxylic acids is 2. The zero-order valence-electron chi connectivity index (χ0n) is 19.0. The highest BCUT2D eigenvalue weighted by molar-refractivity contribution is 14.1. The Balaban J connectivity index is 2.50. The van der Waals surface area contributed by atoms with Gasteiger partial charge in [0.1, 0.15) is 12.4 Å².